The lowest BCUT2D eigenvalue weighted by molar-refractivity contribution is -0.137. The van der Waals surface area contributed by atoms with Crippen molar-refractivity contribution in [2.24, 2.45) is 0 Å². The third-order valence-corrected chi connectivity index (χ3v) is 3.08. The van der Waals surface area contributed by atoms with Crippen LogP contribution in [0.15, 0.2) is 24.3 Å². The Morgan fingerprint density at radius 1 is 1.29 bits per heavy atom. The van der Waals surface area contributed by atoms with Crippen LogP contribution < -0.4 is 5.73 Å². The number of alkyl halides is 3. The van der Waals surface area contributed by atoms with Gasteiger partial charge >= 0.3 is 6.18 Å². The first-order valence-electron chi connectivity index (χ1n) is 4.78. The summed E-state index contributed by atoms with van der Waals surface area (Å²) in [6, 6.07) is 5.08. The lowest BCUT2D eigenvalue weighted by atomic mass is 10.1. The van der Waals surface area contributed by atoms with Crippen molar-refractivity contribution in [1.29, 1.82) is 0 Å². The summed E-state index contributed by atoms with van der Waals surface area (Å²) >= 11 is 1.26. The highest BCUT2D eigenvalue weighted by Gasteiger charge is 2.30. The second-order valence-electron chi connectivity index (χ2n) is 3.54. The van der Waals surface area contributed by atoms with Gasteiger partial charge in [0.1, 0.15) is 0 Å². The first-order chi connectivity index (χ1) is 7.88. The van der Waals surface area contributed by atoms with Crippen molar-refractivity contribution in [1.82, 2.24) is 4.98 Å². The van der Waals surface area contributed by atoms with Crippen LogP contribution >= 0.6 is 11.3 Å². The maximum absolute atomic E-state index is 12.5. The van der Waals surface area contributed by atoms with Crippen molar-refractivity contribution in [3.8, 4) is 11.3 Å². The normalized spacial score (nSPS) is 11.8. The molecule has 2 aromatic rings. The second-order valence-corrected chi connectivity index (χ2v) is 4.77. The standard InChI is InChI=1S/C11H9F3N2S/c1-6-9(16-10(15)17-6)7-3-2-4-8(5-7)11(12,13)14/h2-5H,1H3,(H2,15,16). The quantitative estimate of drug-likeness (QED) is 0.846. The number of aryl methyl sites for hydroxylation is 1. The lowest BCUT2D eigenvalue weighted by Crippen LogP contribution is -2.04. The average Bonchev–Trinajstić information content (AvgIpc) is 2.57. The van der Waals surface area contributed by atoms with E-state index in [2.05, 4.69) is 4.98 Å². The number of nitrogens with two attached hydrogens (primary N) is 1. The predicted octanol–water partition coefficient (Wildman–Crippen LogP) is 3.72. The van der Waals surface area contributed by atoms with E-state index >= 15 is 0 Å². The second kappa shape index (κ2) is 4.03. The number of rotatable bonds is 1. The van der Waals surface area contributed by atoms with Gasteiger partial charge in [0.25, 0.3) is 0 Å². The highest BCUT2D eigenvalue weighted by molar-refractivity contribution is 7.15. The van der Waals surface area contributed by atoms with Gasteiger partial charge in [-0.3, -0.25) is 0 Å². The molecule has 0 radical (unpaired) electrons. The van der Waals surface area contributed by atoms with E-state index in [4.69, 9.17) is 5.73 Å². The fourth-order valence-corrected chi connectivity index (χ4v) is 2.24. The summed E-state index contributed by atoms with van der Waals surface area (Å²) in [7, 11) is 0. The van der Waals surface area contributed by atoms with E-state index in [1.165, 1.54) is 17.4 Å². The molecule has 6 heteroatoms. The van der Waals surface area contributed by atoms with Crippen molar-refractivity contribution in [2.45, 2.75) is 13.1 Å². The molecule has 0 aliphatic carbocycles. The van der Waals surface area contributed by atoms with Crippen LogP contribution in [0.25, 0.3) is 11.3 Å². The van der Waals surface area contributed by atoms with Crippen LogP contribution in [0.3, 0.4) is 0 Å². The van der Waals surface area contributed by atoms with Crippen LogP contribution in [0.4, 0.5) is 18.3 Å². The lowest BCUT2D eigenvalue weighted by Gasteiger charge is -2.07. The number of benzene rings is 1. The van der Waals surface area contributed by atoms with E-state index in [9.17, 15) is 13.2 Å². The average molecular weight is 258 g/mol. The molecule has 0 amide bonds. The van der Waals surface area contributed by atoms with Gasteiger partial charge in [-0.2, -0.15) is 13.2 Å². The number of nitrogen functional groups attached to an aromatic ring is 1. The molecule has 1 aromatic carbocycles. The Bertz CT molecular complexity index is 546. The zero-order chi connectivity index (χ0) is 12.6. The summed E-state index contributed by atoms with van der Waals surface area (Å²) < 4.78 is 37.6. The Balaban J connectivity index is 2.50. The molecule has 0 spiro atoms. The van der Waals surface area contributed by atoms with E-state index in [1.54, 1.807) is 13.0 Å². The Morgan fingerprint density at radius 3 is 2.53 bits per heavy atom. The number of anilines is 1. The molecular weight excluding hydrogens is 249 g/mol. The molecular formula is C11H9F3N2S. The molecule has 2 N–H and O–H groups in total. The molecule has 0 saturated heterocycles. The molecule has 0 atom stereocenters. The maximum atomic E-state index is 12.5. The number of aromatic nitrogens is 1. The molecule has 0 aliphatic heterocycles. The number of hydrogen-bond acceptors (Lipinski definition) is 3. The van der Waals surface area contributed by atoms with Crippen molar-refractivity contribution in [3.05, 3.63) is 34.7 Å². The van der Waals surface area contributed by atoms with Crippen LogP contribution in [-0.2, 0) is 6.18 Å². The van der Waals surface area contributed by atoms with Gasteiger partial charge in [-0.25, -0.2) is 4.98 Å². The largest absolute Gasteiger partial charge is 0.416 e. The predicted molar refractivity (Wildman–Crippen MR) is 61.7 cm³/mol. The third kappa shape index (κ3) is 2.41. The van der Waals surface area contributed by atoms with Crippen LogP contribution in [0.5, 0.6) is 0 Å². The minimum atomic E-state index is -4.34. The summed E-state index contributed by atoms with van der Waals surface area (Å²) in [6.07, 6.45) is -4.34. The van der Waals surface area contributed by atoms with Gasteiger partial charge in [0.15, 0.2) is 5.13 Å². The van der Waals surface area contributed by atoms with Crippen LogP contribution in [0, 0.1) is 6.92 Å². The number of thiazole rings is 1. The molecule has 2 rings (SSSR count). The Labute approximate surface area is 99.9 Å². The maximum Gasteiger partial charge on any atom is 0.416 e. The van der Waals surface area contributed by atoms with E-state index in [-0.39, 0.29) is 0 Å². The summed E-state index contributed by atoms with van der Waals surface area (Å²) in [5, 5.41) is 0.356. The fourth-order valence-electron chi connectivity index (χ4n) is 1.53. The van der Waals surface area contributed by atoms with Gasteiger partial charge in [-0.05, 0) is 19.1 Å². The van der Waals surface area contributed by atoms with Crippen LogP contribution in [0.2, 0.25) is 0 Å². The van der Waals surface area contributed by atoms with Crippen molar-refractivity contribution >= 4 is 16.5 Å². The van der Waals surface area contributed by atoms with Crippen LogP contribution in [0.1, 0.15) is 10.4 Å². The molecule has 1 heterocycles. The molecule has 0 unspecified atom stereocenters. The van der Waals surface area contributed by atoms with Gasteiger partial charge in [-0.15, -0.1) is 11.3 Å². The first-order valence-corrected chi connectivity index (χ1v) is 5.60. The van der Waals surface area contributed by atoms with Crippen molar-refractivity contribution in [2.75, 3.05) is 5.73 Å². The van der Waals surface area contributed by atoms with Gasteiger partial charge in [0.2, 0.25) is 0 Å². The van der Waals surface area contributed by atoms with Gasteiger partial charge in [-0.1, -0.05) is 12.1 Å². The van der Waals surface area contributed by atoms with Gasteiger partial charge < -0.3 is 5.73 Å². The first kappa shape index (κ1) is 11.9. The van der Waals surface area contributed by atoms with Crippen molar-refractivity contribution in [3.63, 3.8) is 0 Å². The number of halogens is 3. The monoisotopic (exact) mass is 258 g/mol. The molecule has 0 fully saturated rings. The van der Waals surface area contributed by atoms with E-state index in [0.717, 1.165) is 17.0 Å². The summed E-state index contributed by atoms with van der Waals surface area (Å²) in [5.74, 6) is 0. The summed E-state index contributed by atoms with van der Waals surface area (Å²) in [5.41, 5.74) is 5.79. The summed E-state index contributed by atoms with van der Waals surface area (Å²) in [6.45, 7) is 1.78. The topological polar surface area (TPSA) is 38.9 Å². The Hall–Kier alpha value is -1.56. The van der Waals surface area contributed by atoms with Gasteiger partial charge in [0, 0.05) is 10.4 Å². The highest BCUT2D eigenvalue weighted by atomic mass is 32.1. The fraction of sp³-hybridized carbons (Fsp3) is 0.182. The highest BCUT2D eigenvalue weighted by Crippen LogP contribution is 2.34. The minimum Gasteiger partial charge on any atom is -0.375 e. The third-order valence-electron chi connectivity index (χ3n) is 2.28. The minimum absolute atomic E-state index is 0.356. The molecule has 0 aliphatic rings. The molecule has 1 aromatic heterocycles. The molecule has 0 bridgehead atoms. The molecule has 0 saturated carbocycles. The molecule has 2 nitrogen and oxygen atoms in total. The Kier molecular flexibility index (Phi) is 2.82. The Morgan fingerprint density at radius 2 is 2.00 bits per heavy atom. The summed E-state index contributed by atoms with van der Waals surface area (Å²) in [4.78, 5) is 4.84. The van der Waals surface area contributed by atoms with E-state index < -0.39 is 11.7 Å². The molecule has 90 valence electrons. The molecule has 17 heavy (non-hydrogen) atoms. The smallest absolute Gasteiger partial charge is 0.375 e. The zero-order valence-electron chi connectivity index (χ0n) is 8.88. The van der Waals surface area contributed by atoms with E-state index in [1.807, 2.05) is 0 Å². The van der Waals surface area contributed by atoms with Crippen molar-refractivity contribution < 1.29 is 13.2 Å². The number of nitrogens with zero attached hydrogens (tertiary/aromatic N) is 1. The van der Waals surface area contributed by atoms with Gasteiger partial charge in [0.05, 0.1) is 11.3 Å². The van der Waals surface area contributed by atoms with E-state index in [0.29, 0.717) is 16.4 Å². The SMILES string of the molecule is Cc1sc(N)nc1-c1cccc(C(F)(F)F)c1. The number of hydrogen-bond donors (Lipinski definition) is 1. The van der Waals surface area contributed by atoms with Crippen LogP contribution in [-0.4, -0.2) is 4.98 Å². The zero-order valence-corrected chi connectivity index (χ0v) is 9.69.